The predicted molar refractivity (Wildman–Crippen MR) is 188 cm³/mol. The predicted octanol–water partition coefficient (Wildman–Crippen LogP) is 12.3. The molecule has 212 valence electrons. The molecule has 1 heterocycles. The van der Waals surface area contributed by atoms with E-state index in [4.69, 9.17) is 4.42 Å². The smallest absolute Gasteiger partial charge is 0.143 e. The van der Waals surface area contributed by atoms with Crippen LogP contribution in [-0.4, -0.2) is 0 Å². The van der Waals surface area contributed by atoms with E-state index in [1.165, 1.54) is 38.2 Å². The van der Waals surface area contributed by atoms with Gasteiger partial charge in [0.25, 0.3) is 0 Å². The molecule has 2 heteroatoms. The van der Waals surface area contributed by atoms with Crippen molar-refractivity contribution in [2.45, 2.75) is 26.2 Å². The first kappa shape index (κ1) is 26.3. The van der Waals surface area contributed by atoms with Crippen molar-refractivity contribution < 1.29 is 4.42 Å². The molecule has 0 radical (unpaired) electrons. The standard InChI is InChI=1S/C42H33NO/c1-42(2,3)30-20-23-34-29(26-30)27-38(36-24-25-37-35-16-10-11-17-39(35)44-41(37)40(34)36)28-18-21-33(22-19-28)43(31-12-6-4-7-13-31)32-14-8-5-9-15-32/h4-27H,1-3H3. The molecule has 0 aliphatic heterocycles. The van der Waals surface area contributed by atoms with E-state index in [1.807, 2.05) is 6.07 Å². The average Bonchev–Trinajstić information content (AvgIpc) is 3.44. The molecule has 0 saturated carbocycles. The lowest BCUT2D eigenvalue weighted by Crippen LogP contribution is -2.10. The molecule has 1 aromatic heterocycles. The minimum Gasteiger partial charge on any atom is -0.455 e. The zero-order chi connectivity index (χ0) is 29.8. The van der Waals surface area contributed by atoms with Crippen molar-refractivity contribution in [3.05, 3.63) is 151 Å². The van der Waals surface area contributed by atoms with E-state index in [0.29, 0.717) is 0 Å². The maximum atomic E-state index is 6.60. The summed E-state index contributed by atoms with van der Waals surface area (Å²) in [5.41, 5.74) is 9.01. The SMILES string of the molecule is CC(C)(C)c1ccc2c(c1)cc(-c1ccc(N(c3ccccc3)c3ccccc3)cc1)c1ccc3c4ccccc4oc3c12. The lowest BCUT2D eigenvalue weighted by Gasteiger charge is -2.25. The van der Waals surface area contributed by atoms with E-state index in [-0.39, 0.29) is 5.41 Å². The first-order chi connectivity index (χ1) is 21.5. The Balaban J connectivity index is 1.36. The van der Waals surface area contributed by atoms with Crippen LogP contribution in [0.5, 0.6) is 0 Å². The van der Waals surface area contributed by atoms with E-state index >= 15 is 0 Å². The average molecular weight is 568 g/mol. The van der Waals surface area contributed by atoms with Gasteiger partial charge < -0.3 is 9.32 Å². The van der Waals surface area contributed by atoms with Gasteiger partial charge in [0.1, 0.15) is 11.2 Å². The number of para-hydroxylation sites is 3. The molecule has 0 spiro atoms. The molecule has 0 saturated heterocycles. The molecule has 0 amide bonds. The van der Waals surface area contributed by atoms with E-state index in [9.17, 15) is 0 Å². The summed E-state index contributed by atoms with van der Waals surface area (Å²) in [6.45, 7) is 6.83. The summed E-state index contributed by atoms with van der Waals surface area (Å²) in [4.78, 5) is 2.30. The number of anilines is 3. The fourth-order valence-corrected chi connectivity index (χ4v) is 6.52. The number of furan rings is 1. The molecular formula is C42H33NO. The summed E-state index contributed by atoms with van der Waals surface area (Å²) in [6, 6.07) is 52.2. The van der Waals surface area contributed by atoms with Gasteiger partial charge in [-0.15, -0.1) is 0 Å². The van der Waals surface area contributed by atoms with Crippen LogP contribution >= 0.6 is 0 Å². The number of rotatable bonds is 4. The molecule has 7 aromatic carbocycles. The quantitative estimate of drug-likeness (QED) is 0.197. The minimum atomic E-state index is 0.0503. The Morgan fingerprint density at radius 2 is 1.09 bits per heavy atom. The van der Waals surface area contributed by atoms with Crippen LogP contribution in [0.15, 0.2) is 150 Å². The summed E-state index contributed by atoms with van der Waals surface area (Å²) in [5.74, 6) is 0. The van der Waals surface area contributed by atoms with Gasteiger partial charge in [0, 0.05) is 33.2 Å². The van der Waals surface area contributed by atoms with Crippen molar-refractivity contribution in [1.82, 2.24) is 0 Å². The van der Waals surface area contributed by atoms with Gasteiger partial charge >= 0.3 is 0 Å². The lowest BCUT2D eigenvalue weighted by molar-refractivity contribution is 0.591. The second-order valence-corrected chi connectivity index (χ2v) is 12.6. The summed E-state index contributed by atoms with van der Waals surface area (Å²) >= 11 is 0. The Morgan fingerprint density at radius 1 is 0.500 bits per heavy atom. The maximum Gasteiger partial charge on any atom is 0.143 e. The Kier molecular flexibility index (Phi) is 6.06. The highest BCUT2D eigenvalue weighted by atomic mass is 16.3. The van der Waals surface area contributed by atoms with Gasteiger partial charge in [0.15, 0.2) is 0 Å². The Hall–Kier alpha value is -5.34. The van der Waals surface area contributed by atoms with Gasteiger partial charge in [-0.3, -0.25) is 0 Å². The summed E-state index contributed by atoms with van der Waals surface area (Å²) in [5, 5.41) is 7.13. The number of benzene rings is 7. The summed E-state index contributed by atoms with van der Waals surface area (Å²) in [7, 11) is 0. The highest BCUT2D eigenvalue weighted by molar-refractivity contribution is 6.26. The molecule has 44 heavy (non-hydrogen) atoms. The second kappa shape index (κ2) is 10.1. The van der Waals surface area contributed by atoms with Gasteiger partial charge in [-0.2, -0.15) is 0 Å². The van der Waals surface area contributed by atoms with E-state index in [1.54, 1.807) is 0 Å². The molecule has 0 aliphatic rings. The zero-order valence-corrected chi connectivity index (χ0v) is 25.2. The van der Waals surface area contributed by atoms with Crippen molar-refractivity contribution in [1.29, 1.82) is 0 Å². The van der Waals surface area contributed by atoms with Crippen LogP contribution in [-0.2, 0) is 5.41 Å². The van der Waals surface area contributed by atoms with E-state index < -0.39 is 0 Å². The molecular weight excluding hydrogens is 534 g/mol. The van der Waals surface area contributed by atoms with Crippen LogP contribution in [0.25, 0.3) is 54.6 Å². The van der Waals surface area contributed by atoms with Gasteiger partial charge in [0.2, 0.25) is 0 Å². The molecule has 0 bridgehead atoms. The van der Waals surface area contributed by atoms with Crippen LogP contribution in [0, 0.1) is 0 Å². The fraction of sp³-hybridized carbons (Fsp3) is 0.0952. The third kappa shape index (κ3) is 4.34. The number of hydrogen-bond donors (Lipinski definition) is 0. The Morgan fingerprint density at radius 3 is 1.77 bits per heavy atom. The largest absolute Gasteiger partial charge is 0.455 e. The van der Waals surface area contributed by atoms with Crippen LogP contribution < -0.4 is 4.90 Å². The molecule has 0 N–H and O–H groups in total. The first-order valence-electron chi connectivity index (χ1n) is 15.3. The zero-order valence-electron chi connectivity index (χ0n) is 25.2. The number of fused-ring (bicyclic) bond motifs is 7. The highest BCUT2D eigenvalue weighted by Crippen LogP contribution is 2.43. The maximum absolute atomic E-state index is 6.60. The molecule has 2 nitrogen and oxygen atoms in total. The van der Waals surface area contributed by atoms with Crippen molar-refractivity contribution in [2.75, 3.05) is 4.90 Å². The van der Waals surface area contributed by atoms with Crippen LogP contribution in [0.1, 0.15) is 26.3 Å². The molecule has 0 fully saturated rings. The third-order valence-corrected chi connectivity index (χ3v) is 8.79. The van der Waals surface area contributed by atoms with Crippen molar-refractivity contribution in [3.63, 3.8) is 0 Å². The topological polar surface area (TPSA) is 16.4 Å². The normalized spacial score (nSPS) is 12.0. The summed E-state index contributed by atoms with van der Waals surface area (Å²) in [6.07, 6.45) is 0. The molecule has 8 aromatic rings. The van der Waals surface area contributed by atoms with Gasteiger partial charge in [0.05, 0.1) is 0 Å². The van der Waals surface area contributed by atoms with Crippen LogP contribution in [0.3, 0.4) is 0 Å². The van der Waals surface area contributed by atoms with Crippen LogP contribution in [0.4, 0.5) is 17.1 Å². The number of hydrogen-bond acceptors (Lipinski definition) is 2. The molecule has 0 unspecified atom stereocenters. The number of nitrogens with zero attached hydrogens (tertiary/aromatic N) is 1. The van der Waals surface area contributed by atoms with Crippen LogP contribution in [0.2, 0.25) is 0 Å². The summed E-state index contributed by atoms with van der Waals surface area (Å²) < 4.78 is 6.60. The first-order valence-corrected chi connectivity index (χ1v) is 15.3. The van der Waals surface area contributed by atoms with Crippen molar-refractivity contribution in [3.8, 4) is 11.1 Å². The van der Waals surface area contributed by atoms with Crippen molar-refractivity contribution >= 4 is 60.5 Å². The second-order valence-electron chi connectivity index (χ2n) is 12.6. The van der Waals surface area contributed by atoms with Gasteiger partial charge in [-0.25, -0.2) is 0 Å². The fourth-order valence-electron chi connectivity index (χ4n) is 6.52. The minimum absolute atomic E-state index is 0.0503. The highest BCUT2D eigenvalue weighted by Gasteiger charge is 2.19. The molecule has 0 atom stereocenters. The monoisotopic (exact) mass is 567 g/mol. The molecule has 8 rings (SSSR count). The third-order valence-electron chi connectivity index (χ3n) is 8.79. The van der Waals surface area contributed by atoms with Gasteiger partial charge in [-0.05, 0) is 92.9 Å². The lowest BCUT2D eigenvalue weighted by atomic mass is 9.84. The Labute approximate surface area is 257 Å². The molecule has 0 aliphatic carbocycles. The van der Waals surface area contributed by atoms with Crippen molar-refractivity contribution in [2.24, 2.45) is 0 Å². The van der Waals surface area contributed by atoms with E-state index in [0.717, 1.165) is 39.0 Å². The van der Waals surface area contributed by atoms with Gasteiger partial charge in [-0.1, -0.05) is 112 Å². The Bertz CT molecular complexity index is 2250. The van der Waals surface area contributed by atoms with E-state index in [2.05, 4.69) is 165 Å².